The minimum atomic E-state index is 0.0151. The lowest BCUT2D eigenvalue weighted by molar-refractivity contribution is -0.128. The van der Waals surface area contributed by atoms with Crippen LogP contribution in [0, 0.1) is 0 Å². The number of carbonyl (C=O) groups is 2. The third kappa shape index (κ3) is 4.17. The molecule has 146 valence electrons. The van der Waals surface area contributed by atoms with Crippen LogP contribution < -0.4 is 4.90 Å². The highest BCUT2D eigenvalue weighted by atomic mass is 16.2. The van der Waals surface area contributed by atoms with E-state index in [1.807, 2.05) is 40.1 Å². The number of rotatable bonds is 5. The van der Waals surface area contributed by atoms with Crippen molar-refractivity contribution < 1.29 is 9.59 Å². The molecule has 3 fully saturated rings. The van der Waals surface area contributed by atoms with Crippen LogP contribution in [0.5, 0.6) is 0 Å². The number of carbonyl (C=O) groups excluding carboxylic acids is 2. The molecular formula is C21H30N4O2. The van der Waals surface area contributed by atoms with Gasteiger partial charge in [-0.3, -0.25) is 19.4 Å². The van der Waals surface area contributed by atoms with Crippen LogP contribution in [-0.2, 0) is 9.59 Å². The second-order valence-corrected chi connectivity index (χ2v) is 7.85. The largest absolute Gasteiger partial charge is 0.341 e. The molecule has 1 aromatic rings. The smallest absolute Gasteiger partial charge is 0.244 e. The molecule has 1 aromatic carbocycles. The van der Waals surface area contributed by atoms with Crippen LogP contribution in [0.3, 0.4) is 0 Å². The lowest BCUT2D eigenvalue weighted by Crippen LogP contribution is -2.58. The van der Waals surface area contributed by atoms with Gasteiger partial charge in [0, 0.05) is 64.5 Å². The molecule has 6 nitrogen and oxygen atoms in total. The van der Waals surface area contributed by atoms with E-state index in [1.54, 1.807) is 0 Å². The number of anilines is 1. The number of para-hydroxylation sites is 1. The fourth-order valence-electron chi connectivity index (χ4n) is 4.56. The summed E-state index contributed by atoms with van der Waals surface area (Å²) in [5, 5.41) is 0. The first kappa shape index (κ1) is 18.4. The van der Waals surface area contributed by atoms with Crippen LogP contribution in [-0.4, -0.2) is 84.9 Å². The Balaban J connectivity index is 1.28. The van der Waals surface area contributed by atoms with Crippen molar-refractivity contribution in [2.75, 3.05) is 57.3 Å². The normalized spacial score (nSPS) is 25.4. The maximum absolute atomic E-state index is 13.1. The zero-order valence-electron chi connectivity index (χ0n) is 16.1. The summed E-state index contributed by atoms with van der Waals surface area (Å²) in [5.74, 6) is 0.561. The van der Waals surface area contributed by atoms with Gasteiger partial charge in [-0.05, 0) is 31.4 Å². The summed E-state index contributed by atoms with van der Waals surface area (Å²) in [5.41, 5.74) is 1.01. The predicted molar refractivity (Wildman–Crippen MR) is 106 cm³/mol. The van der Waals surface area contributed by atoms with E-state index in [0.717, 1.165) is 83.7 Å². The van der Waals surface area contributed by atoms with Crippen molar-refractivity contribution >= 4 is 17.5 Å². The SMILES string of the molecule is O=C1CCCN1CCN1CCN(C2CCCN(c3ccccc3)C2=O)CC1. The maximum Gasteiger partial charge on any atom is 0.244 e. The first-order valence-electron chi connectivity index (χ1n) is 10.3. The molecule has 27 heavy (non-hydrogen) atoms. The summed E-state index contributed by atoms with van der Waals surface area (Å²) in [6.07, 6.45) is 3.75. The van der Waals surface area contributed by atoms with Crippen molar-refractivity contribution in [3.8, 4) is 0 Å². The van der Waals surface area contributed by atoms with Crippen LogP contribution >= 0.6 is 0 Å². The highest BCUT2D eigenvalue weighted by Crippen LogP contribution is 2.24. The Morgan fingerprint density at radius 1 is 0.852 bits per heavy atom. The maximum atomic E-state index is 13.1. The summed E-state index contributed by atoms with van der Waals surface area (Å²) in [4.78, 5) is 33.6. The van der Waals surface area contributed by atoms with Gasteiger partial charge >= 0.3 is 0 Å². The van der Waals surface area contributed by atoms with Gasteiger partial charge < -0.3 is 9.80 Å². The average Bonchev–Trinajstić information content (AvgIpc) is 3.12. The second kappa shape index (κ2) is 8.40. The van der Waals surface area contributed by atoms with E-state index in [-0.39, 0.29) is 11.9 Å². The van der Waals surface area contributed by atoms with Crippen LogP contribution in [0.25, 0.3) is 0 Å². The van der Waals surface area contributed by atoms with Gasteiger partial charge in [-0.15, -0.1) is 0 Å². The summed E-state index contributed by atoms with van der Waals surface area (Å²) >= 11 is 0. The van der Waals surface area contributed by atoms with E-state index < -0.39 is 0 Å². The van der Waals surface area contributed by atoms with Crippen molar-refractivity contribution in [1.29, 1.82) is 0 Å². The van der Waals surface area contributed by atoms with E-state index in [1.165, 1.54) is 0 Å². The zero-order valence-corrected chi connectivity index (χ0v) is 16.1. The molecule has 3 aliphatic rings. The van der Waals surface area contributed by atoms with E-state index in [2.05, 4.69) is 9.80 Å². The number of piperazine rings is 1. The number of benzene rings is 1. The Kier molecular flexibility index (Phi) is 5.74. The molecule has 0 bridgehead atoms. The van der Waals surface area contributed by atoms with Gasteiger partial charge in [0.25, 0.3) is 0 Å². The molecule has 1 atom stereocenters. The summed E-state index contributed by atoms with van der Waals surface area (Å²) < 4.78 is 0. The molecule has 6 heteroatoms. The monoisotopic (exact) mass is 370 g/mol. The Morgan fingerprint density at radius 2 is 1.63 bits per heavy atom. The molecule has 0 saturated carbocycles. The lowest BCUT2D eigenvalue weighted by Gasteiger charge is -2.42. The Labute approximate surface area is 161 Å². The van der Waals surface area contributed by atoms with Crippen LogP contribution in [0.4, 0.5) is 5.69 Å². The van der Waals surface area contributed by atoms with E-state index in [9.17, 15) is 9.59 Å². The van der Waals surface area contributed by atoms with Crippen molar-refractivity contribution in [1.82, 2.24) is 14.7 Å². The molecule has 3 saturated heterocycles. The van der Waals surface area contributed by atoms with Gasteiger partial charge in [0.05, 0.1) is 6.04 Å². The molecular weight excluding hydrogens is 340 g/mol. The summed E-state index contributed by atoms with van der Waals surface area (Å²) in [7, 11) is 0. The van der Waals surface area contributed by atoms with Gasteiger partial charge in [0.2, 0.25) is 11.8 Å². The van der Waals surface area contributed by atoms with E-state index in [0.29, 0.717) is 5.91 Å². The highest BCUT2D eigenvalue weighted by Gasteiger charge is 2.35. The van der Waals surface area contributed by atoms with Gasteiger partial charge in [0.15, 0.2) is 0 Å². The molecule has 1 unspecified atom stereocenters. The molecule has 0 aromatic heterocycles. The van der Waals surface area contributed by atoms with E-state index >= 15 is 0 Å². The Hall–Kier alpha value is -1.92. The minimum absolute atomic E-state index is 0.0151. The number of nitrogens with zero attached hydrogens (tertiary/aromatic N) is 4. The number of hydrogen-bond donors (Lipinski definition) is 0. The molecule has 3 aliphatic heterocycles. The van der Waals surface area contributed by atoms with Crippen molar-refractivity contribution in [2.45, 2.75) is 31.7 Å². The van der Waals surface area contributed by atoms with Gasteiger partial charge in [0.1, 0.15) is 0 Å². The summed E-state index contributed by atoms with van der Waals surface area (Å²) in [6.45, 7) is 7.39. The standard InChI is InChI=1S/C21H30N4O2/c26-20-9-5-10-24(20)17-14-22-12-15-23(16-13-22)19-8-4-11-25(21(19)27)18-6-2-1-3-7-18/h1-3,6-7,19H,4-5,8-17H2. The third-order valence-corrected chi connectivity index (χ3v) is 6.18. The quantitative estimate of drug-likeness (QED) is 0.787. The van der Waals surface area contributed by atoms with Crippen molar-refractivity contribution in [3.63, 3.8) is 0 Å². The lowest BCUT2D eigenvalue weighted by atomic mass is 10.0. The van der Waals surface area contributed by atoms with Crippen LogP contribution in [0.1, 0.15) is 25.7 Å². The van der Waals surface area contributed by atoms with Crippen molar-refractivity contribution in [2.24, 2.45) is 0 Å². The second-order valence-electron chi connectivity index (χ2n) is 7.85. The number of likely N-dealkylation sites (tertiary alicyclic amines) is 1. The molecule has 4 rings (SSSR count). The molecule has 0 aliphatic carbocycles. The van der Waals surface area contributed by atoms with Crippen LogP contribution in [0.2, 0.25) is 0 Å². The zero-order chi connectivity index (χ0) is 18.6. The number of piperidine rings is 1. The van der Waals surface area contributed by atoms with Gasteiger partial charge in [-0.2, -0.15) is 0 Å². The Bertz CT molecular complexity index is 657. The predicted octanol–water partition coefficient (Wildman–Crippen LogP) is 1.42. The average molecular weight is 370 g/mol. The molecule has 0 N–H and O–H groups in total. The van der Waals surface area contributed by atoms with Gasteiger partial charge in [-0.1, -0.05) is 18.2 Å². The Morgan fingerprint density at radius 3 is 2.33 bits per heavy atom. The number of hydrogen-bond acceptors (Lipinski definition) is 4. The molecule has 0 spiro atoms. The molecule has 2 amide bonds. The fraction of sp³-hybridized carbons (Fsp3) is 0.619. The summed E-state index contributed by atoms with van der Waals surface area (Å²) in [6, 6.07) is 10.0. The number of amides is 2. The van der Waals surface area contributed by atoms with Crippen LogP contribution in [0.15, 0.2) is 30.3 Å². The topological polar surface area (TPSA) is 47.1 Å². The van der Waals surface area contributed by atoms with Gasteiger partial charge in [-0.25, -0.2) is 0 Å². The first-order valence-corrected chi connectivity index (χ1v) is 10.3. The van der Waals surface area contributed by atoms with Crippen molar-refractivity contribution in [3.05, 3.63) is 30.3 Å². The third-order valence-electron chi connectivity index (χ3n) is 6.18. The van der Waals surface area contributed by atoms with E-state index in [4.69, 9.17) is 0 Å². The minimum Gasteiger partial charge on any atom is -0.341 e. The fourth-order valence-corrected chi connectivity index (χ4v) is 4.56. The first-order chi connectivity index (χ1) is 13.2. The molecule has 0 radical (unpaired) electrons. The highest BCUT2D eigenvalue weighted by molar-refractivity contribution is 5.97. The molecule has 3 heterocycles.